The summed E-state index contributed by atoms with van der Waals surface area (Å²) in [7, 11) is 1.62. The SMILES string of the molecule is COc1ccc(C=CC(=O)Nc2cc(C)c(Br)cn2)cc1. The Hall–Kier alpha value is -2.14. The second kappa shape index (κ2) is 7.04. The highest BCUT2D eigenvalue weighted by Crippen LogP contribution is 2.17. The zero-order valence-electron chi connectivity index (χ0n) is 11.8. The van der Waals surface area contributed by atoms with Crippen LogP contribution in [0, 0.1) is 6.92 Å². The van der Waals surface area contributed by atoms with E-state index in [1.807, 2.05) is 37.3 Å². The van der Waals surface area contributed by atoms with Crippen LogP contribution in [0.25, 0.3) is 6.08 Å². The van der Waals surface area contributed by atoms with E-state index >= 15 is 0 Å². The third kappa shape index (κ3) is 4.43. The summed E-state index contributed by atoms with van der Waals surface area (Å²) in [6.07, 6.45) is 4.87. The summed E-state index contributed by atoms with van der Waals surface area (Å²) in [6.45, 7) is 1.94. The lowest BCUT2D eigenvalue weighted by Gasteiger charge is -2.03. The van der Waals surface area contributed by atoms with Gasteiger partial charge in [0.1, 0.15) is 11.6 Å². The Morgan fingerprint density at radius 3 is 2.67 bits per heavy atom. The molecule has 0 unspecified atom stereocenters. The molecule has 0 atom stereocenters. The average Bonchev–Trinajstić information content (AvgIpc) is 2.49. The highest BCUT2D eigenvalue weighted by Gasteiger charge is 2.01. The molecule has 1 heterocycles. The van der Waals surface area contributed by atoms with Crippen LogP contribution in [0.2, 0.25) is 0 Å². The van der Waals surface area contributed by atoms with Crippen molar-refractivity contribution in [1.29, 1.82) is 0 Å². The van der Waals surface area contributed by atoms with Crippen LogP contribution in [0.5, 0.6) is 5.75 Å². The minimum atomic E-state index is -0.222. The number of benzene rings is 1. The van der Waals surface area contributed by atoms with Gasteiger partial charge in [-0.1, -0.05) is 12.1 Å². The van der Waals surface area contributed by atoms with Gasteiger partial charge in [0.15, 0.2) is 0 Å². The second-order valence-electron chi connectivity index (χ2n) is 4.41. The lowest BCUT2D eigenvalue weighted by atomic mass is 10.2. The Morgan fingerprint density at radius 1 is 1.33 bits per heavy atom. The number of anilines is 1. The number of rotatable bonds is 4. The smallest absolute Gasteiger partial charge is 0.249 e. The van der Waals surface area contributed by atoms with Crippen LogP contribution in [0.1, 0.15) is 11.1 Å². The molecule has 0 aliphatic rings. The Bertz CT molecular complexity index is 666. The van der Waals surface area contributed by atoms with Crippen LogP contribution in [-0.2, 0) is 4.79 Å². The summed E-state index contributed by atoms with van der Waals surface area (Å²) in [4.78, 5) is 16.0. The quantitative estimate of drug-likeness (QED) is 0.856. The minimum absolute atomic E-state index is 0.222. The van der Waals surface area contributed by atoms with Crippen molar-refractivity contribution in [3.05, 3.63) is 58.2 Å². The average molecular weight is 347 g/mol. The van der Waals surface area contributed by atoms with Gasteiger partial charge < -0.3 is 10.1 Å². The molecule has 0 aliphatic carbocycles. The molecular formula is C16H15BrN2O2. The van der Waals surface area contributed by atoms with Crippen molar-refractivity contribution < 1.29 is 9.53 Å². The van der Waals surface area contributed by atoms with Crippen LogP contribution >= 0.6 is 15.9 Å². The molecule has 108 valence electrons. The van der Waals surface area contributed by atoms with Crippen LogP contribution in [-0.4, -0.2) is 18.0 Å². The molecule has 0 fully saturated rings. The van der Waals surface area contributed by atoms with Gasteiger partial charge in [-0.2, -0.15) is 0 Å². The Morgan fingerprint density at radius 2 is 2.05 bits per heavy atom. The van der Waals surface area contributed by atoms with Crippen molar-refractivity contribution in [2.24, 2.45) is 0 Å². The molecule has 2 aromatic rings. The summed E-state index contributed by atoms with van der Waals surface area (Å²) >= 11 is 3.37. The maximum absolute atomic E-state index is 11.8. The lowest BCUT2D eigenvalue weighted by Crippen LogP contribution is -2.09. The highest BCUT2D eigenvalue weighted by atomic mass is 79.9. The van der Waals surface area contributed by atoms with Crippen molar-refractivity contribution in [1.82, 2.24) is 4.98 Å². The predicted octanol–water partition coefficient (Wildman–Crippen LogP) is 3.81. The number of nitrogens with zero attached hydrogens (tertiary/aromatic N) is 1. The van der Waals surface area contributed by atoms with E-state index in [1.54, 1.807) is 19.4 Å². The van der Waals surface area contributed by atoms with Crippen LogP contribution < -0.4 is 10.1 Å². The van der Waals surface area contributed by atoms with Gasteiger partial charge >= 0.3 is 0 Å². The number of pyridine rings is 1. The molecule has 1 aromatic heterocycles. The van der Waals surface area contributed by atoms with E-state index in [0.717, 1.165) is 21.3 Å². The Kier molecular flexibility index (Phi) is 5.11. The third-order valence-corrected chi connectivity index (χ3v) is 3.67. The topological polar surface area (TPSA) is 51.2 Å². The summed E-state index contributed by atoms with van der Waals surface area (Å²) in [5, 5.41) is 2.72. The number of hydrogen-bond acceptors (Lipinski definition) is 3. The molecule has 0 bridgehead atoms. The fourth-order valence-electron chi connectivity index (χ4n) is 1.66. The molecule has 1 aromatic carbocycles. The van der Waals surface area contributed by atoms with Crippen LogP contribution in [0.15, 0.2) is 47.1 Å². The van der Waals surface area contributed by atoms with Gasteiger partial charge in [0.05, 0.1) is 7.11 Å². The minimum Gasteiger partial charge on any atom is -0.497 e. The number of halogens is 1. The maximum Gasteiger partial charge on any atom is 0.249 e. The first-order valence-electron chi connectivity index (χ1n) is 6.34. The van der Waals surface area contributed by atoms with Gasteiger partial charge in [0.2, 0.25) is 5.91 Å². The molecule has 1 N–H and O–H groups in total. The summed E-state index contributed by atoms with van der Waals surface area (Å²) < 4.78 is 5.99. The van der Waals surface area contributed by atoms with Gasteiger partial charge in [-0.05, 0) is 58.3 Å². The zero-order chi connectivity index (χ0) is 15.2. The summed E-state index contributed by atoms with van der Waals surface area (Å²) in [5.74, 6) is 1.09. The standard InChI is InChI=1S/C16H15BrN2O2/c1-11-9-15(18-10-14(11)17)19-16(20)8-5-12-3-6-13(21-2)7-4-12/h3-10H,1-2H3,(H,18,19,20). The molecule has 2 rings (SSSR count). The van der Waals surface area contributed by atoms with E-state index in [2.05, 4.69) is 26.2 Å². The first kappa shape index (κ1) is 15.3. The zero-order valence-corrected chi connectivity index (χ0v) is 13.3. The molecular weight excluding hydrogens is 332 g/mol. The van der Waals surface area contributed by atoms with Crippen molar-refractivity contribution in [3.63, 3.8) is 0 Å². The monoisotopic (exact) mass is 346 g/mol. The molecule has 0 saturated carbocycles. The van der Waals surface area contributed by atoms with Crippen molar-refractivity contribution in [2.75, 3.05) is 12.4 Å². The molecule has 0 saturated heterocycles. The normalized spacial score (nSPS) is 10.6. The van der Waals surface area contributed by atoms with E-state index in [9.17, 15) is 4.79 Å². The van der Waals surface area contributed by atoms with E-state index in [0.29, 0.717) is 5.82 Å². The number of aryl methyl sites for hydroxylation is 1. The largest absolute Gasteiger partial charge is 0.497 e. The number of hydrogen-bond donors (Lipinski definition) is 1. The third-order valence-electron chi connectivity index (χ3n) is 2.84. The van der Waals surface area contributed by atoms with Crippen LogP contribution in [0.4, 0.5) is 5.82 Å². The fraction of sp³-hybridized carbons (Fsp3) is 0.125. The highest BCUT2D eigenvalue weighted by molar-refractivity contribution is 9.10. The van der Waals surface area contributed by atoms with Gasteiger partial charge in [0, 0.05) is 16.7 Å². The van der Waals surface area contributed by atoms with Gasteiger partial charge in [0.25, 0.3) is 0 Å². The first-order chi connectivity index (χ1) is 10.1. The molecule has 1 amide bonds. The van der Waals surface area contributed by atoms with Crippen molar-refractivity contribution >= 4 is 33.7 Å². The van der Waals surface area contributed by atoms with E-state index in [-0.39, 0.29) is 5.91 Å². The molecule has 0 aliphatic heterocycles. The van der Waals surface area contributed by atoms with Crippen molar-refractivity contribution in [2.45, 2.75) is 6.92 Å². The molecule has 0 radical (unpaired) electrons. The Labute approximate surface area is 132 Å². The van der Waals surface area contributed by atoms with Gasteiger partial charge in [-0.25, -0.2) is 4.98 Å². The lowest BCUT2D eigenvalue weighted by molar-refractivity contribution is -0.111. The number of carbonyl (C=O) groups is 1. The fourth-order valence-corrected chi connectivity index (χ4v) is 1.88. The van der Waals surface area contributed by atoms with Crippen molar-refractivity contribution in [3.8, 4) is 5.75 Å². The Balaban J connectivity index is 1.99. The summed E-state index contributed by atoms with van der Waals surface area (Å²) in [6, 6.07) is 9.26. The maximum atomic E-state index is 11.8. The number of amides is 1. The molecule has 21 heavy (non-hydrogen) atoms. The number of ether oxygens (including phenoxy) is 1. The van der Waals surface area contributed by atoms with Gasteiger partial charge in [-0.15, -0.1) is 0 Å². The van der Waals surface area contributed by atoms with Gasteiger partial charge in [-0.3, -0.25) is 4.79 Å². The number of nitrogens with one attached hydrogen (secondary N) is 1. The number of aromatic nitrogens is 1. The molecule has 4 nitrogen and oxygen atoms in total. The van der Waals surface area contributed by atoms with E-state index < -0.39 is 0 Å². The van der Waals surface area contributed by atoms with Crippen LogP contribution in [0.3, 0.4) is 0 Å². The second-order valence-corrected chi connectivity index (χ2v) is 5.27. The number of methoxy groups -OCH3 is 1. The van der Waals surface area contributed by atoms with E-state index in [4.69, 9.17) is 4.74 Å². The summed E-state index contributed by atoms with van der Waals surface area (Å²) in [5.41, 5.74) is 1.94. The number of carbonyl (C=O) groups excluding carboxylic acids is 1. The van der Waals surface area contributed by atoms with E-state index in [1.165, 1.54) is 6.08 Å². The molecule has 5 heteroatoms. The molecule has 0 spiro atoms. The predicted molar refractivity (Wildman–Crippen MR) is 87.3 cm³/mol. The first-order valence-corrected chi connectivity index (χ1v) is 7.13.